The van der Waals surface area contributed by atoms with Gasteiger partial charge in [-0.15, -0.1) is 0 Å². The molecule has 88 valence electrons. The molecule has 0 radical (unpaired) electrons. The van der Waals surface area contributed by atoms with Crippen LogP contribution in [0, 0.1) is 18.7 Å². The Hall–Kier alpha value is -1.38. The fraction of sp³-hybridized carbons (Fsp3) is 0.462. The Labute approximate surface area is 96.1 Å². The predicted molar refractivity (Wildman–Crippen MR) is 62.9 cm³/mol. The van der Waals surface area contributed by atoms with E-state index in [1.165, 1.54) is 12.1 Å². The molecule has 0 aliphatic heterocycles. The van der Waals surface area contributed by atoms with Crippen LogP contribution in [0.4, 0.5) is 4.39 Å². The van der Waals surface area contributed by atoms with Gasteiger partial charge in [-0.1, -0.05) is 13.8 Å². The average Bonchev–Trinajstić information content (AvgIpc) is 2.20. The number of carbonyl (C=O) groups excluding carboxylic acids is 1. The number of halogens is 1. The van der Waals surface area contributed by atoms with E-state index in [2.05, 4.69) is 13.8 Å². The van der Waals surface area contributed by atoms with E-state index >= 15 is 0 Å². The van der Waals surface area contributed by atoms with E-state index in [1.807, 2.05) is 0 Å². The number of nitrogens with zero attached hydrogens (tertiary/aromatic N) is 1. The lowest BCUT2D eigenvalue weighted by Gasteiger charge is -2.19. The molecule has 1 aromatic carbocycles. The highest BCUT2D eigenvalue weighted by Gasteiger charge is 2.13. The molecule has 0 unspecified atom stereocenters. The zero-order valence-corrected chi connectivity index (χ0v) is 10.2. The van der Waals surface area contributed by atoms with E-state index in [-0.39, 0.29) is 11.7 Å². The van der Waals surface area contributed by atoms with Gasteiger partial charge in [0.25, 0.3) is 5.91 Å². The largest absolute Gasteiger partial charge is 0.341 e. The van der Waals surface area contributed by atoms with Crippen molar-refractivity contribution in [3.05, 3.63) is 35.1 Å². The van der Waals surface area contributed by atoms with Crippen molar-refractivity contribution in [2.45, 2.75) is 20.8 Å². The molecule has 1 rings (SSSR count). The van der Waals surface area contributed by atoms with E-state index < -0.39 is 0 Å². The van der Waals surface area contributed by atoms with E-state index in [1.54, 1.807) is 24.9 Å². The Balaban J connectivity index is 2.84. The van der Waals surface area contributed by atoms with Crippen molar-refractivity contribution in [3.8, 4) is 0 Å². The molecule has 0 aliphatic rings. The lowest BCUT2D eigenvalue weighted by molar-refractivity contribution is 0.0779. The summed E-state index contributed by atoms with van der Waals surface area (Å²) in [5.74, 6) is 0.0929. The number of benzene rings is 1. The third-order valence-corrected chi connectivity index (χ3v) is 2.39. The van der Waals surface area contributed by atoms with Crippen LogP contribution >= 0.6 is 0 Å². The fourth-order valence-electron chi connectivity index (χ4n) is 1.63. The number of hydrogen-bond acceptors (Lipinski definition) is 1. The topological polar surface area (TPSA) is 20.3 Å². The number of aryl methyl sites for hydroxylation is 1. The minimum Gasteiger partial charge on any atom is -0.341 e. The van der Waals surface area contributed by atoms with Gasteiger partial charge in [0.1, 0.15) is 5.82 Å². The zero-order chi connectivity index (χ0) is 12.3. The van der Waals surface area contributed by atoms with Gasteiger partial charge >= 0.3 is 0 Å². The Morgan fingerprint density at radius 2 is 2.06 bits per heavy atom. The molecule has 0 heterocycles. The van der Waals surface area contributed by atoms with E-state index in [4.69, 9.17) is 0 Å². The molecule has 1 aromatic rings. The molecular weight excluding hydrogens is 205 g/mol. The summed E-state index contributed by atoms with van der Waals surface area (Å²) >= 11 is 0. The second kappa shape index (κ2) is 5.10. The van der Waals surface area contributed by atoms with Crippen LogP contribution < -0.4 is 0 Å². The Kier molecular flexibility index (Phi) is 4.05. The molecule has 0 saturated heterocycles. The first-order valence-corrected chi connectivity index (χ1v) is 5.43. The van der Waals surface area contributed by atoms with Crippen LogP contribution in [0.1, 0.15) is 29.8 Å². The molecule has 0 atom stereocenters. The Morgan fingerprint density at radius 3 is 2.56 bits per heavy atom. The molecule has 1 amide bonds. The van der Waals surface area contributed by atoms with Crippen molar-refractivity contribution in [3.63, 3.8) is 0 Å². The number of hydrogen-bond donors (Lipinski definition) is 0. The first-order chi connectivity index (χ1) is 7.41. The van der Waals surface area contributed by atoms with Crippen molar-refractivity contribution < 1.29 is 9.18 Å². The van der Waals surface area contributed by atoms with Crippen LogP contribution in [0.2, 0.25) is 0 Å². The molecule has 0 fully saturated rings. The van der Waals surface area contributed by atoms with Crippen LogP contribution in [-0.4, -0.2) is 24.4 Å². The maximum atomic E-state index is 13.0. The second-order valence-electron chi connectivity index (χ2n) is 4.54. The van der Waals surface area contributed by atoms with Crippen LogP contribution in [0.15, 0.2) is 18.2 Å². The third-order valence-electron chi connectivity index (χ3n) is 2.39. The van der Waals surface area contributed by atoms with E-state index in [0.717, 1.165) is 0 Å². The molecule has 0 bridgehead atoms. The summed E-state index contributed by atoms with van der Waals surface area (Å²) in [6, 6.07) is 4.46. The highest BCUT2D eigenvalue weighted by atomic mass is 19.1. The molecule has 0 aliphatic carbocycles. The SMILES string of the molecule is Cc1cc(C(=O)N(C)CC(C)C)ccc1F. The summed E-state index contributed by atoms with van der Waals surface area (Å²) < 4.78 is 13.0. The molecule has 0 N–H and O–H groups in total. The van der Waals surface area contributed by atoms with Crippen LogP contribution in [0.5, 0.6) is 0 Å². The minimum absolute atomic E-state index is 0.0585. The normalized spacial score (nSPS) is 10.6. The van der Waals surface area contributed by atoms with Gasteiger partial charge in [0.15, 0.2) is 0 Å². The second-order valence-corrected chi connectivity index (χ2v) is 4.54. The van der Waals surface area contributed by atoms with Gasteiger partial charge in [0, 0.05) is 19.2 Å². The van der Waals surface area contributed by atoms with Crippen LogP contribution in [0.25, 0.3) is 0 Å². The number of carbonyl (C=O) groups is 1. The molecule has 0 spiro atoms. The number of rotatable bonds is 3. The molecule has 0 saturated carbocycles. The summed E-state index contributed by atoms with van der Waals surface area (Å²) in [5.41, 5.74) is 1.05. The van der Waals surface area contributed by atoms with Gasteiger partial charge in [-0.3, -0.25) is 4.79 Å². The van der Waals surface area contributed by atoms with Gasteiger partial charge in [-0.05, 0) is 36.6 Å². The standard InChI is InChI=1S/C13H18FNO/c1-9(2)8-15(4)13(16)11-5-6-12(14)10(3)7-11/h5-7,9H,8H2,1-4H3. The minimum atomic E-state index is -0.275. The number of amides is 1. The molecule has 3 heteroatoms. The van der Waals surface area contributed by atoms with Crippen molar-refractivity contribution in [2.24, 2.45) is 5.92 Å². The van der Waals surface area contributed by atoms with E-state index in [9.17, 15) is 9.18 Å². The lowest BCUT2D eigenvalue weighted by atomic mass is 10.1. The van der Waals surface area contributed by atoms with Gasteiger partial charge in [-0.25, -0.2) is 4.39 Å². The quantitative estimate of drug-likeness (QED) is 0.771. The Bertz CT molecular complexity index is 388. The summed E-state index contributed by atoms with van der Waals surface area (Å²) in [4.78, 5) is 13.6. The van der Waals surface area contributed by atoms with Gasteiger partial charge in [-0.2, -0.15) is 0 Å². The van der Waals surface area contributed by atoms with Crippen molar-refractivity contribution in [1.82, 2.24) is 4.90 Å². The van der Waals surface area contributed by atoms with Crippen molar-refractivity contribution >= 4 is 5.91 Å². The van der Waals surface area contributed by atoms with Gasteiger partial charge in [0.05, 0.1) is 0 Å². The lowest BCUT2D eigenvalue weighted by Crippen LogP contribution is -2.30. The fourth-order valence-corrected chi connectivity index (χ4v) is 1.63. The first-order valence-electron chi connectivity index (χ1n) is 5.43. The summed E-state index contributed by atoms with van der Waals surface area (Å²) in [6.45, 7) is 6.48. The third kappa shape index (κ3) is 3.05. The monoisotopic (exact) mass is 223 g/mol. The van der Waals surface area contributed by atoms with Gasteiger partial charge < -0.3 is 4.90 Å². The summed E-state index contributed by atoms with van der Waals surface area (Å²) in [6.07, 6.45) is 0. The summed E-state index contributed by atoms with van der Waals surface area (Å²) in [7, 11) is 1.76. The smallest absolute Gasteiger partial charge is 0.253 e. The predicted octanol–water partition coefficient (Wildman–Crippen LogP) is 2.86. The average molecular weight is 223 g/mol. The maximum absolute atomic E-state index is 13.0. The Morgan fingerprint density at radius 1 is 1.44 bits per heavy atom. The van der Waals surface area contributed by atoms with E-state index in [0.29, 0.717) is 23.6 Å². The van der Waals surface area contributed by atoms with Crippen molar-refractivity contribution in [2.75, 3.05) is 13.6 Å². The van der Waals surface area contributed by atoms with Crippen molar-refractivity contribution in [1.29, 1.82) is 0 Å². The highest BCUT2D eigenvalue weighted by Crippen LogP contribution is 2.11. The molecular formula is C13H18FNO. The van der Waals surface area contributed by atoms with Crippen LogP contribution in [-0.2, 0) is 0 Å². The highest BCUT2D eigenvalue weighted by molar-refractivity contribution is 5.94. The maximum Gasteiger partial charge on any atom is 0.253 e. The zero-order valence-electron chi connectivity index (χ0n) is 10.2. The molecule has 2 nitrogen and oxygen atoms in total. The molecule has 0 aromatic heterocycles. The summed E-state index contributed by atoms with van der Waals surface area (Å²) in [5, 5.41) is 0. The van der Waals surface area contributed by atoms with Gasteiger partial charge in [0.2, 0.25) is 0 Å². The molecule has 16 heavy (non-hydrogen) atoms. The van der Waals surface area contributed by atoms with Crippen LogP contribution in [0.3, 0.4) is 0 Å². The first kappa shape index (κ1) is 12.7.